The van der Waals surface area contributed by atoms with Crippen LogP contribution in [0.1, 0.15) is 11.1 Å². The van der Waals surface area contributed by atoms with Gasteiger partial charge in [0.05, 0.1) is 16.3 Å². The van der Waals surface area contributed by atoms with Crippen LogP contribution in [0.5, 0.6) is 0 Å². The van der Waals surface area contributed by atoms with E-state index in [4.69, 9.17) is 12.2 Å². The summed E-state index contributed by atoms with van der Waals surface area (Å²) in [4.78, 5) is 4.65. The first-order valence-corrected chi connectivity index (χ1v) is 13.4. The molecule has 0 atom stereocenters. The van der Waals surface area contributed by atoms with E-state index in [1.54, 1.807) is 24.3 Å². The third kappa shape index (κ3) is 6.56. The van der Waals surface area contributed by atoms with Gasteiger partial charge in [-0.25, -0.2) is 8.42 Å². The van der Waals surface area contributed by atoms with Crippen molar-refractivity contribution < 1.29 is 8.42 Å². The second kappa shape index (κ2) is 11.6. The van der Waals surface area contributed by atoms with Gasteiger partial charge in [-0.05, 0) is 55.5 Å². The normalized spacial score (nSPS) is 11.5. The molecule has 0 amide bonds. The number of hydrogen-bond acceptors (Lipinski definition) is 5. The first-order chi connectivity index (χ1) is 17.4. The summed E-state index contributed by atoms with van der Waals surface area (Å²) in [5.74, 6) is -0.0679. The quantitative estimate of drug-likeness (QED) is 0.149. The predicted octanol–water partition coefficient (Wildman–Crippen LogP) is 5.39. The summed E-state index contributed by atoms with van der Waals surface area (Å²) >= 11 is 5.63. The third-order valence-corrected chi connectivity index (χ3v) is 6.95. The van der Waals surface area contributed by atoms with Gasteiger partial charge in [0, 0.05) is 5.56 Å². The van der Waals surface area contributed by atoms with E-state index < -0.39 is 15.7 Å². The first-order valence-electron chi connectivity index (χ1n) is 11.3. The fourth-order valence-electron chi connectivity index (χ4n) is 3.44. The Labute approximate surface area is 217 Å². The van der Waals surface area contributed by atoms with E-state index in [0.717, 1.165) is 16.9 Å². The summed E-state index contributed by atoms with van der Waals surface area (Å²) in [5.41, 5.74) is 6.68. The van der Waals surface area contributed by atoms with Crippen molar-refractivity contribution in [3.63, 3.8) is 0 Å². The number of nitrogens with one attached hydrogen (secondary N) is 2. The van der Waals surface area contributed by atoms with Gasteiger partial charge in [0.1, 0.15) is 11.7 Å². The molecule has 4 aromatic rings. The summed E-state index contributed by atoms with van der Waals surface area (Å²) in [7, 11) is -3.63. The van der Waals surface area contributed by atoms with Crippen LogP contribution in [-0.2, 0) is 9.84 Å². The van der Waals surface area contributed by atoms with Crippen molar-refractivity contribution in [1.82, 2.24) is 10.7 Å². The fraction of sp³-hybridized carbons (Fsp3) is 0.0714. The summed E-state index contributed by atoms with van der Waals surface area (Å²) in [5, 5.41) is 5.21. The third-order valence-electron chi connectivity index (χ3n) is 5.29. The van der Waals surface area contributed by atoms with Crippen LogP contribution in [-0.4, -0.2) is 25.2 Å². The average Bonchev–Trinajstić information content (AvgIpc) is 2.91. The molecule has 0 aromatic heterocycles. The topological polar surface area (TPSA) is 73.8 Å². The molecule has 6 nitrogen and oxygen atoms in total. The van der Waals surface area contributed by atoms with E-state index in [1.165, 1.54) is 0 Å². The lowest BCUT2D eigenvalue weighted by molar-refractivity contribution is 0.596. The Hall–Kier alpha value is -4.01. The molecular weight excluding hydrogens is 488 g/mol. The number of hydrogen-bond donors (Lipinski definition) is 2. The molecule has 36 heavy (non-hydrogen) atoms. The van der Waals surface area contributed by atoms with Gasteiger partial charge in [-0.15, -0.1) is 0 Å². The molecule has 0 aliphatic rings. The Kier molecular flexibility index (Phi) is 8.10. The molecule has 0 spiro atoms. The van der Waals surface area contributed by atoms with E-state index >= 15 is 0 Å². The molecule has 0 saturated heterocycles. The number of hydrazine groups is 1. The lowest BCUT2D eigenvalue weighted by Gasteiger charge is -2.27. The van der Waals surface area contributed by atoms with Crippen LogP contribution in [0, 0.1) is 6.92 Å². The number of sulfone groups is 1. The smallest absolute Gasteiger partial charge is 0.198 e. The molecule has 4 rings (SSSR count). The van der Waals surface area contributed by atoms with Gasteiger partial charge in [0.2, 0.25) is 0 Å². The van der Waals surface area contributed by atoms with Crippen LogP contribution >= 0.6 is 12.2 Å². The minimum Gasteiger partial charge on any atom is -0.316 e. The van der Waals surface area contributed by atoms with E-state index in [2.05, 4.69) is 15.7 Å². The summed E-state index contributed by atoms with van der Waals surface area (Å²) in [6.45, 7) is 1.91. The second-order valence-electron chi connectivity index (χ2n) is 8.00. The highest BCUT2D eigenvalue weighted by molar-refractivity contribution is 7.91. The van der Waals surface area contributed by atoms with Crippen LogP contribution in [0.3, 0.4) is 0 Å². The Morgan fingerprint density at radius 2 is 1.28 bits per heavy atom. The molecular formula is C28H26N4O2S2. The number of benzene rings is 4. The number of anilines is 2. The van der Waals surface area contributed by atoms with Crippen molar-refractivity contribution in [3.05, 3.63) is 126 Å². The van der Waals surface area contributed by atoms with Gasteiger partial charge in [0.25, 0.3) is 0 Å². The van der Waals surface area contributed by atoms with Crippen molar-refractivity contribution in [3.8, 4) is 0 Å². The summed E-state index contributed by atoms with van der Waals surface area (Å²) < 4.78 is 25.8. The Balaban J connectivity index is 1.59. The summed E-state index contributed by atoms with van der Waals surface area (Å²) in [6, 6.07) is 35.5. The molecule has 0 bridgehead atoms. The van der Waals surface area contributed by atoms with E-state index in [9.17, 15) is 8.42 Å². The van der Waals surface area contributed by atoms with Crippen molar-refractivity contribution in [1.29, 1.82) is 0 Å². The van der Waals surface area contributed by atoms with Gasteiger partial charge < -0.3 is 5.32 Å². The molecule has 0 radical (unpaired) electrons. The van der Waals surface area contributed by atoms with Gasteiger partial charge in [0.15, 0.2) is 14.9 Å². The molecule has 2 N–H and O–H groups in total. The molecule has 0 saturated carbocycles. The first kappa shape index (κ1) is 25.1. The maximum atomic E-state index is 12.9. The predicted molar refractivity (Wildman–Crippen MR) is 150 cm³/mol. The number of rotatable bonds is 7. The Morgan fingerprint density at radius 3 is 1.81 bits per heavy atom. The highest BCUT2D eigenvalue weighted by atomic mass is 32.2. The second-order valence-corrected chi connectivity index (χ2v) is 10.4. The zero-order chi connectivity index (χ0) is 25.4. The van der Waals surface area contributed by atoms with E-state index in [0.29, 0.717) is 11.4 Å². The molecule has 0 fully saturated rings. The van der Waals surface area contributed by atoms with E-state index in [-0.39, 0.29) is 10.0 Å². The van der Waals surface area contributed by atoms with Crippen LogP contribution in [0.4, 0.5) is 11.4 Å². The monoisotopic (exact) mass is 514 g/mol. The van der Waals surface area contributed by atoms with Crippen molar-refractivity contribution in [2.24, 2.45) is 4.99 Å². The fourth-order valence-corrected chi connectivity index (χ4v) is 4.62. The minimum atomic E-state index is -3.63. The van der Waals surface area contributed by atoms with Crippen LogP contribution in [0.2, 0.25) is 0 Å². The number of thiocarbonyl (C=S) groups is 1. The Morgan fingerprint density at radius 1 is 0.778 bits per heavy atom. The lowest BCUT2D eigenvalue weighted by atomic mass is 10.2. The zero-order valence-corrected chi connectivity index (χ0v) is 21.3. The average molecular weight is 515 g/mol. The highest BCUT2D eigenvalue weighted by Crippen LogP contribution is 2.22. The molecule has 182 valence electrons. The summed E-state index contributed by atoms with van der Waals surface area (Å²) in [6.07, 6.45) is 0. The van der Waals surface area contributed by atoms with Gasteiger partial charge in [-0.1, -0.05) is 84.4 Å². The minimum absolute atomic E-state index is 0.226. The molecule has 4 aromatic carbocycles. The molecule has 8 heteroatoms. The lowest BCUT2D eigenvalue weighted by Crippen LogP contribution is -2.47. The molecule has 0 aliphatic heterocycles. The van der Waals surface area contributed by atoms with Crippen LogP contribution in [0.15, 0.2) is 125 Å². The largest absolute Gasteiger partial charge is 0.316 e. The van der Waals surface area contributed by atoms with Crippen LogP contribution < -0.4 is 15.8 Å². The highest BCUT2D eigenvalue weighted by Gasteiger charge is 2.16. The Bertz CT molecular complexity index is 1390. The van der Waals surface area contributed by atoms with Gasteiger partial charge >= 0.3 is 0 Å². The molecule has 0 aliphatic carbocycles. The maximum Gasteiger partial charge on any atom is 0.198 e. The molecule has 0 unspecified atom stereocenters. The van der Waals surface area contributed by atoms with Crippen molar-refractivity contribution in [2.75, 3.05) is 10.9 Å². The SMILES string of the molecule is Cc1ccc(S(=O)(=O)C/N=C(\NC(=S)NN(c2ccccc2)c2ccccc2)c2ccccc2)cc1. The molecule has 0 heterocycles. The van der Waals surface area contributed by atoms with Crippen molar-refractivity contribution >= 4 is 44.4 Å². The number of amidine groups is 1. The number of para-hydroxylation sites is 2. The number of nitrogens with zero attached hydrogens (tertiary/aromatic N) is 2. The maximum absolute atomic E-state index is 12.9. The van der Waals surface area contributed by atoms with Gasteiger partial charge in [-0.3, -0.25) is 15.4 Å². The van der Waals surface area contributed by atoms with Crippen LogP contribution in [0.25, 0.3) is 0 Å². The standard InChI is InChI=1S/C28H26N4O2S2/c1-22-17-19-26(20-18-22)36(33,34)21-29-27(23-11-5-2-6-12-23)30-28(35)31-32(24-13-7-3-8-14-24)25-15-9-4-10-16-25/h2-20H,21H2,1H3,(H2,29,30,31,35). The number of aliphatic imine (C=N–C) groups is 1. The van der Waals surface area contributed by atoms with Gasteiger partial charge in [-0.2, -0.15) is 0 Å². The van der Waals surface area contributed by atoms with E-state index in [1.807, 2.05) is 103 Å². The zero-order valence-electron chi connectivity index (χ0n) is 19.7. The van der Waals surface area contributed by atoms with Crippen molar-refractivity contribution in [2.45, 2.75) is 11.8 Å². The number of aryl methyl sites for hydroxylation is 1.